The number of aliphatic hydroxyl groups excluding tert-OH is 2. The van der Waals surface area contributed by atoms with Crippen molar-refractivity contribution in [2.75, 3.05) is 13.2 Å². The van der Waals surface area contributed by atoms with Gasteiger partial charge in [0.15, 0.2) is 6.10 Å². The summed E-state index contributed by atoms with van der Waals surface area (Å²) in [5, 5.41) is 18.4. The molecule has 0 aromatic carbocycles. The third-order valence-electron chi connectivity index (χ3n) is 5.81. The van der Waals surface area contributed by atoms with Crippen molar-refractivity contribution >= 4 is 11.8 Å². The zero-order chi connectivity index (χ0) is 22.0. The van der Waals surface area contributed by atoms with Gasteiger partial charge in [-0.3, -0.25) is 4.79 Å². The Morgan fingerprint density at radius 3 is 1.67 bits per heavy atom. The first-order chi connectivity index (χ1) is 14.6. The Balaban J connectivity index is 1.86. The van der Waals surface area contributed by atoms with E-state index >= 15 is 0 Å². The maximum Gasteiger partial charge on any atom is 0.344 e. The molecule has 0 aromatic rings. The average molecular weight is 429 g/mol. The van der Waals surface area contributed by atoms with Gasteiger partial charge in [0.05, 0.1) is 6.61 Å². The maximum absolute atomic E-state index is 12.0. The summed E-state index contributed by atoms with van der Waals surface area (Å²) >= 11 is 0. The highest BCUT2D eigenvalue weighted by atomic mass is 16.6. The van der Waals surface area contributed by atoms with Crippen LogP contribution in [-0.2, 0) is 19.1 Å². The minimum atomic E-state index is -1.38. The SMILES string of the molecule is CCCCCCCCCCCCCCCCCCOC1C(=O)O[C@H](C(O)CO)C1=O. The van der Waals surface area contributed by atoms with E-state index < -0.39 is 36.7 Å². The topological polar surface area (TPSA) is 93.1 Å². The van der Waals surface area contributed by atoms with E-state index in [2.05, 4.69) is 6.92 Å². The molecule has 0 aromatic heterocycles. The predicted molar refractivity (Wildman–Crippen MR) is 117 cm³/mol. The smallest absolute Gasteiger partial charge is 0.344 e. The van der Waals surface area contributed by atoms with Gasteiger partial charge in [-0.25, -0.2) is 4.79 Å². The van der Waals surface area contributed by atoms with Crippen LogP contribution in [0.4, 0.5) is 0 Å². The number of rotatable bonds is 20. The van der Waals surface area contributed by atoms with Crippen LogP contribution in [0.3, 0.4) is 0 Å². The molecule has 0 aliphatic carbocycles. The molecular weight excluding hydrogens is 384 g/mol. The lowest BCUT2D eigenvalue weighted by molar-refractivity contribution is -0.153. The Hall–Kier alpha value is -0.980. The van der Waals surface area contributed by atoms with Crippen molar-refractivity contribution in [1.82, 2.24) is 0 Å². The molecule has 0 radical (unpaired) electrons. The van der Waals surface area contributed by atoms with Gasteiger partial charge < -0.3 is 19.7 Å². The second-order valence-electron chi connectivity index (χ2n) is 8.56. The Labute approximate surface area is 182 Å². The van der Waals surface area contributed by atoms with Gasteiger partial charge in [-0.15, -0.1) is 0 Å². The standard InChI is InChI=1S/C24H44O6/c1-2-3-4-5-6-7-8-9-10-11-12-13-14-15-16-17-18-29-23-21(27)22(20(26)19-25)30-24(23)28/h20,22-23,25-26H,2-19H2,1H3/t20?,22-,23?/m1/s1. The number of esters is 1. The molecular formula is C24H44O6. The van der Waals surface area contributed by atoms with Crippen LogP contribution in [-0.4, -0.2) is 53.5 Å². The van der Waals surface area contributed by atoms with Crippen LogP contribution >= 0.6 is 0 Å². The van der Waals surface area contributed by atoms with E-state index in [9.17, 15) is 14.7 Å². The second-order valence-corrected chi connectivity index (χ2v) is 8.56. The van der Waals surface area contributed by atoms with Crippen LogP contribution in [0, 0.1) is 0 Å². The first-order valence-corrected chi connectivity index (χ1v) is 12.3. The summed E-state index contributed by atoms with van der Waals surface area (Å²) in [5.74, 6) is -1.37. The van der Waals surface area contributed by atoms with Gasteiger partial charge in [-0.05, 0) is 6.42 Å². The molecule has 1 heterocycles. The van der Waals surface area contributed by atoms with Crippen LogP contribution in [0.5, 0.6) is 0 Å². The highest BCUT2D eigenvalue weighted by Crippen LogP contribution is 2.18. The van der Waals surface area contributed by atoms with Crippen LogP contribution in [0.2, 0.25) is 0 Å². The first kappa shape index (κ1) is 27.1. The molecule has 1 aliphatic heterocycles. The second kappa shape index (κ2) is 17.7. The van der Waals surface area contributed by atoms with Crippen LogP contribution < -0.4 is 0 Å². The zero-order valence-corrected chi connectivity index (χ0v) is 19.0. The summed E-state index contributed by atoms with van der Waals surface area (Å²) < 4.78 is 10.2. The van der Waals surface area contributed by atoms with E-state index in [0.29, 0.717) is 6.61 Å². The molecule has 2 N–H and O–H groups in total. The molecule has 176 valence electrons. The van der Waals surface area contributed by atoms with Crippen molar-refractivity contribution in [3.63, 3.8) is 0 Å². The third-order valence-corrected chi connectivity index (χ3v) is 5.81. The molecule has 6 heteroatoms. The van der Waals surface area contributed by atoms with Gasteiger partial charge in [0.25, 0.3) is 0 Å². The number of ether oxygens (including phenoxy) is 2. The summed E-state index contributed by atoms with van der Waals surface area (Å²) in [6.07, 6.45) is 16.6. The lowest BCUT2D eigenvalue weighted by Crippen LogP contribution is -2.37. The van der Waals surface area contributed by atoms with Crippen molar-refractivity contribution in [1.29, 1.82) is 0 Å². The lowest BCUT2D eigenvalue weighted by atomic mass is 10.0. The van der Waals surface area contributed by atoms with Crippen molar-refractivity contribution < 1.29 is 29.3 Å². The molecule has 0 saturated carbocycles. The first-order valence-electron chi connectivity index (χ1n) is 12.3. The van der Waals surface area contributed by atoms with E-state index in [1.807, 2.05) is 0 Å². The van der Waals surface area contributed by atoms with E-state index in [1.54, 1.807) is 0 Å². The molecule has 1 aliphatic rings. The fourth-order valence-corrected chi connectivity index (χ4v) is 3.88. The van der Waals surface area contributed by atoms with Gasteiger partial charge in [0, 0.05) is 6.61 Å². The van der Waals surface area contributed by atoms with Gasteiger partial charge in [0.1, 0.15) is 6.10 Å². The van der Waals surface area contributed by atoms with Crippen molar-refractivity contribution in [2.24, 2.45) is 0 Å². The normalized spacial score (nSPS) is 20.0. The Bertz CT molecular complexity index is 453. The highest BCUT2D eigenvalue weighted by Gasteiger charge is 2.47. The van der Waals surface area contributed by atoms with E-state index in [-0.39, 0.29) is 0 Å². The summed E-state index contributed by atoms with van der Waals surface area (Å²) in [4.78, 5) is 23.6. The molecule has 30 heavy (non-hydrogen) atoms. The lowest BCUT2D eigenvalue weighted by Gasteiger charge is -2.12. The quantitative estimate of drug-likeness (QED) is 0.169. The van der Waals surface area contributed by atoms with Crippen molar-refractivity contribution in [3.8, 4) is 0 Å². The molecule has 0 spiro atoms. The zero-order valence-electron chi connectivity index (χ0n) is 19.0. The van der Waals surface area contributed by atoms with E-state index in [0.717, 1.165) is 19.3 Å². The van der Waals surface area contributed by atoms with E-state index in [4.69, 9.17) is 14.6 Å². The minimum absolute atomic E-state index is 0.325. The number of Topliss-reactive ketones (excluding diaryl/α,β-unsaturated/α-hetero) is 1. The molecule has 3 atom stereocenters. The molecule has 6 nitrogen and oxygen atoms in total. The molecule has 1 fully saturated rings. The van der Waals surface area contributed by atoms with Gasteiger partial charge in [-0.2, -0.15) is 0 Å². The molecule has 0 bridgehead atoms. The summed E-state index contributed by atoms with van der Waals surface area (Å²) in [6.45, 7) is 1.96. The van der Waals surface area contributed by atoms with Gasteiger partial charge in [-0.1, -0.05) is 103 Å². The Morgan fingerprint density at radius 1 is 0.800 bits per heavy atom. The number of unbranched alkanes of at least 4 members (excludes halogenated alkanes) is 15. The fraction of sp³-hybridized carbons (Fsp3) is 0.917. The maximum atomic E-state index is 12.0. The summed E-state index contributed by atoms with van der Waals surface area (Å²) in [5.41, 5.74) is 0. The minimum Gasteiger partial charge on any atom is -0.449 e. The largest absolute Gasteiger partial charge is 0.449 e. The molecule has 1 rings (SSSR count). The number of ketones is 1. The van der Waals surface area contributed by atoms with Crippen molar-refractivity contribution in [3.05, 3.63) is 0 Å². The number of cyclic esters (lactones) is 1. The Kier molecular flexibility index (Phi) is 15.9. The van der Waals surface area contributed by atoms with Gasteiger partial charge >= 0.3 is 5.97 Å². The molecule has 0 amide bonds. The third kappa shape index (κ3) is 11.4. The highest BCUT2D eigenvalue weighted by molar-refractivity contribution is 6.09. The van der Waals surface area contributed by atoms with E-state index in [1.165, 1.54) is 83.5 Å². The van der Waals surface area contributed by atoms with Crippen LogP contribution in [0.25, 0.3) is 0 Å². The fourth-order valence-electron chi connectivity index (χ4n) is 3.88. The molecule has 2 unspecified atom stereocenters. The molecule has 1 saturated heterocycles. The number of hydrogen-bond donors (Lipinski definition) is 2. The summed E-state index contributed by atoms with van der Waals surface area (Å²) in [6, 6.07) is 0. The number of carbonyl (C=O) groups excluding carboxylic acids is 2. The number of carbonyl (C=O) groups is 2. The Morgan fingerprint density at radius 2 is 1.23 bits per heavy atom. The van der Waals surface area contributed by atoms with Gasteiger partial charge in [0.2, 0.25) is 11.9 Å². The van der Waals surface area contributed by atoms with Crippen LogP contribution in [0.15, 0.2) is 0 Å². The van der Waals surface area contributed by atoms with Crippen molar-refractivity contribution in [2.45, 2.75) is 128 Å². The van der Waals surface area contributed by atoms with Crippen LogP contribution in [0.1, 0.15) is 110 Å². The monoisotopic (exact) mass is 428 g/mol. The number of hydrogen-bond acceptors (Lipinski definition) is 6. The number of aliphatic hydroxyl groups is 2. The summed E-state index contributed by atoms with van der Waals surface area (Å²) in [7, 11) is 0. The average Bonchev–Trinajstić information content (AvgIpc) is 3.03. The predicted octanol–water partition coefficient (Wildman–Crippen LogP) is 4.48.